The number of anilines is 1. The van der Waals surface area contributed by atoms with Crippen molar-refractivity contribution in [3.63, 3.8) is 0 Å². The lowest BCUT2D eigenvalue weighted by Gasteiger charge is -2.13. The zero-order valence-corrected chi connectivity index (χ0v) is 15.5. The molecular weight excluding hydrogens is 380 g/mol. The maximum Gasteiger partial charge on any atom is 0.296 e. The molecule has 2 aromatic carbocycles. The molecule has 10 heteroatoms. The van der Waals surface area contributed by atoms with E-state index in [0.29, 0.717) is 27.7 Å². The third kappa shape index (κ3) is 4.01. The summed E-state index contributed by atoms with van der Waals surface area (Å²) < 4.78 is 49.2. The van der Waals surface area contributed by atoms with Gasteiger partial charge in [-0.3, -0.25) is 9.71 Å². The highest BCUT2D eigenvalue weighted by molar-refractivity contribution is 7.90. The number of hydrogen-bond acceptors (Lipinski definition) is 5. The molecule has 0 saturated heterocycles. The Labute approximate surface area is 151 Å². The standard InChI is InChI=1S/C16H15FN3O4PS/c1-23-9-2-3-10-12(6-9)19-5-4-14(10)24-15-7-11(17)13(8-16(15)25)20-26(18,21)22/h2-8,20H,25H2,1H3,(H2,18,21,22). The van der Waals surface area contributed by atoms with Crippen molar-refractivity contribution in [1.82, 2.24) is 4.98 Å². The number of benzene rings is 2. The number of fused-ring (bicyclic) bond motifs is 1. The van der Waals surface area contributed by atoms with Crippen molar-refractivity contribution >= 4 is 41.3 Å². The van der Waals surface area contributed by atoms with Gasteiger partial charge in [0.1, 0.15) is 17.2 Å². The first-order valence-electron chi connectivity index (χ1n) is 7.27. The third-order valence-electron chi connectivity index (χ3n) is 3.48. The monoisotopic (exact) mass is 395 g/mol. The molecule has 7 nitrogen and oxygen atoms in total. The van der Waals surface area contributed by atoms with Crippen molar-refractivity contribution in [1.29, 1.82) is 0 Å². The largest absolute Gasteiger partial charge is 0.497 e. The van der Waals surface area contributed by atoms with E-state index in [0.717, 1.165) is 6.07 Å². The maximum atomic E-state index is 14.2. The fourth-order valence-electron chi connectivity index (χ4n) is 2.33. The van der Waals surface area contributed by atoms with Crippen molar-refractivity contribution < 1.29 is 22.3 Å². The van der Waals surface area contributed by atoms with Gasteiger partial charge in [-0.1, -0.05) is 0 Å². The van der Waals surface area contributed by atoms with Crippen LogP contribution in [0.25, 0.3) is 10.9 Å². The number of hydrogen-bond donors (Lipinski definition) is 2. The van der Waals surface area contributed by atoms with Crippen molar-refractivity contribution in [2.24, 2.45) is 5.14 Å². The van der Waals surface area contributed by atoms with Crippen molar-refractivity contribution in [3.8, 4) is 17.2 Å². The van der Waals surface area contributed by atoms with Gasteiger partial charge in [-0.25, -0.2) is 9.53 Å². The van der Waals surface area contributed by atoms with Crippen LogP contribution < -0.4 is 24.6 Å². The second-order valence-electron chi connectivity index (χ2n) is 5.31. The Morgan fingerprint density at radius 3 is 2.65 bits per heavy atom. The van der Waals surface area contributed by atoms with Gasteiger partial charge in [-0.2, -0.15) is 8.42 Å². The van der Waals surface area contributed by atoms with Gasteiger partial charge in [-0.05, 0) is 24.3 Å². The summed E-state index contributed by atoms with van der Waals surface area (Å²) in [6.07, 6.45) is 1.56. The van der Waals surface area contributed by atoms with E-state index in [9.17, 15) is 12.8 Å². The van der Waals surface area contributed by atoms with Crippen LogP contribution in [0.5, 0.6) is 17.2 Å². The van der Waals surface area contributed by atoms with Crippen LogP contribution in [-0.4, -0.2) is 20.5 Å². The summed E-state index contributed by atoms with van der Waals surface area (Å²) in [5.74, 6) is 0.502. The van der Waals surface area contributed by atoms with Gasteiger partial charge in [0.2, 0.25) is 0 Å². The molecule has 0 fully saturated rings. The molecule has 0 aliphatic heterocycles. The normalized spacial score (nSPS) is 11.4. The van der Waals surface area contributed by atoms with E-state index < -0.39 is 16.0 Å². The Kier molecular flexibility index (Phi) is 4.95. The number of aromatic nitrogens is 1. The average molecular weight is 395 g/mol. The molecule has 1 heterocycles. The van der Waals surface area contributed by atoms with Crippen LogP contribution in [0.1, 0.15) is 0 Å². The molecule has 26 heavy (non-hydrogen) atoms. The maximum absolute atomic E-state index is 14.2. The van der Waals surface area contributed by atoms with Gasteiger partial charge in [0.05, 0.1) is 18.3 Å². The molecule has 3 N–H and O–H groups in total. The zero-order valence-electron chi connectivity index (χ0n) is 13.6. The first-order valence-corrected chi connectivity index (χ1v) is 9.39. The minimum absolute atomic E-state index is 0.204. The zero-order chi connectivity index (χ0) is 18.9. The van der Waals surface area contributed by atoms with Gasteiger partial charge < -0.3 is 9.47 Å². The van der Waals surface area contributed by atoms with E-state index in [1.54, 1.807) is 37.6 Å². The summed E-state index contributed by atoms with van der Waals surface area (Å²) in [6, 6.07) is 9.29. The molecule has 0 aliphatic rings. The summed E-state index contributed by atoms with van der Waals surface area (Å²) in [4.78, 5) is 4.26. The summed E-state index contributed by atoms with van der Waals surface area (Å²) in [7, 11) is -0.167. The topological polar surface area (TPSA) is 104 Å². The number of methoxy groups -OCH3 is 1. The number of rotatable bonds is 5. The fourth-order valence-corrected chi connectivity index (χ4v) is 3.10. The highest BCUT2D eigenvalue weighted by Crippen LogP contribution is 2.32. The predicted octanol–water partition coefficient (Wildman–Crippen LogP) is 2.29. The Morgan fingerprint density at radius 2 is 1.96 bits per heavy atom. The highest BCUT2D eigenvalue weighted by Gasteiger charge is 2.14. The molecule has 3 rings (SSSR count). The quantitative estimate of drug-likeness (QED) is 0.645. The van der Waals surface area contributed by atoms with Crippen molar-refractivity contribution in [2.75, 3.05) is 11.8 Å². The van der Waals surface area contributed by atoms with Crippen LogP contribution in [0.2, 0.25) is 0 Å². The Balaban J connectivity index is 1.99. The number of nitrogens with zero attached hydrogens (tertiary/aromatic N) is 1. The molecule has 0 radical (unpaired) electrons. The second kappa shape index (κ2) is 7.03. The van der Waals surface area contributed by atoms with Crippen LogP contribution in [0.3, 0.4) is 0 Å². The van der Waals surface area contributed by atoms with E-state index in [1.807, 2.05) is 4.72 Å². The SMILES string of the molecule is COc1ccc2c(Oc3cc(F)c(NS(N)(=O)=O)cc3P)ccnc2c1. The van der Waals surface area contributed by atoms with E-state index >= 15 is 0 Å². The third-order valence-corrected chi connectivity index (χ3v) is 4.44. The van der Waals surface area contributed by atoms with Crippen LogP contribution in [0, 0.1) is 5.82 Å². The lowest BCUT2D eigenvalue weighted by Crippen LogP contribution is -2.23. The molecule has 0 amide bonds. The van der Waals surface area contributed by atoms with Gasteiger partial charge in [-0.15, -0.1) is 9.24 Å². The molecule has 3 aromatic rings. The van der Waals surface area contributed by atoms with Crippen LogP contribution in [-0.2, 0) is 10.2 Å². The molecule has 0 saturated carbocycles. The highest BCUT2D eigenvalue weighted by atomic mass is 32.2. The van der Waals surface area contributed by atoms with Crippen LogP contribution in [0.15, 0.2) is 42.6 Å². The van der Waals surface area contributed by atoms with Gasteiger partial charge in [0.15, 0.2) is 5.82 Å². The molecule has 0 spiro atoms. The molecule has 1 unspecified atom stereocenters. The molecule has 0 bridgehead atoms. The van der Waals surface area contributed by atoms with Crippen molar-refractivity contribution in [2.45, 2.75) is 0 Å². The summed E-state index contributed by atoms with van der Waals surface area (Å²) in [5, 5.41) is 6.03. The smallest absolute Gasteiger partial charge is 0.296 e. The average Bonchev–Trinajstić information content (AvgIpc) is 2.57. The summed E-state index contributed by atoms with van der Waals surface area (Å²) >= 11 is 0. The Hall–Kier alpha value is -2.48. The summed E-state index contributed by atoms with van der Waals surface area (Å²) in [6.45, 7) is 0. The number of nitrogens with one attached hydrogen (secondary N) is 1. The second-order valence-corrected chi connectivity index (χ2v) is 7.23. The number of pyridine rings is 1. The predicted molar refractivity (Wildman–Crippen MR) is 101 cm³/mol. The van der Waals surface area contributed by atoms with Crippen molar-refractivity contribution in [3.05, 3.63) is 48.4 Å². The first-order chi connectivity index (χ1) is 12.3. The molecule has 1 atom stereocenters. The van der Waals surface area contributed by atoms with E-state index in [2.05, 4.69) is 14.2 Å². The van der Waals surface area contributed by atoms with Gasteiger partial charge in [0.25, 0.3) is 10.2 Å². The Morgan fingerprint density at radius 1 is 1.19 bits per heavy atom. The van der Waals surface area contributed by atoms with Crippen LogP contribution >= 0.6 is 9.24 Å². The number of halogens is 1. The minimum atomic E-state index is -4.08. The molecule has 0 aliphatic carbocycles. The molecular formula is C16H15FN3O4PS. The Bertz CT molecular complexity index is 1090. The van der Waals surface area contributed by atoms with Crippen LogP contribution in [0.4, 0.5) is 10.1 Å². The fraction of sp³-hybridized carbons (Fsp3) is 0.0625. The minimum Gasteiger partial charge on any atom is -0.497 e. The van der Waals surface area contributed by atoms with E-state index in [1.165, 1.54) is 6.07 Å². The molecule has 136 valence electrons. The van der Waals surface area contributed by atoms with E-state index in [4.69, 9.17) is 14.6 Å². The summed E-state index contributed by atoms with van der Waals surface area (Å²) in [5.41, 5.74) is 0.384. The molecule has 1 aromatic heterocycles. The van der Waals surface area contributed by atoms with Gasteiger partial charge >= 0.3 is 0 Å². The van der Waals surface area contributed by atoms with E-state index in [-0.39, 0.29) is 11.4 Å². The lowest BCUT2D eigenvalue weighted by molar-refractivity contribution is 0.415. The lowest BCUT2D eigenvalue weighted by atomic mass is 10.2. The number of ether oxygens (including phenoxy) is 2. The van der Waals surface area contributed by atoms with Gasteiger partial charge in [0, 0.05) is 29.0 Å². The number of nitrogens with two attached hydrogens (primary N) is 1. The first kappa shape index (κ1) is 18.3.